The maximum Gasteiger partial charge on any atom is 0.323 e. The van der Waals surface area contributed by atoms with Gasteiger partial charge in [0.2, 0.25) is 21.9 Å². The third-order valence-corrected chi connectivity index (χ3v) is 7.28. The Morgan fingerprint density at radius 2 is 1.51 bits per heavy atom. The number of benzene rings is 2. The lowest BCUT2D eigenvalue weighted by molar-refractivity contribution is -0.138. The number of hydrogen-bond donors (Lipinski definition) is 5. The number of carboxylic acids is 1. The molecule has 0 saturated carbocycles. The van der Waals surface area contributed by atoms with Crippen molar-refractivity contribution in [2.45, 2.75) is 44.6 Å². The van der Waals surface area contributed by atoms with Crippen molar-refractivity contribution in [2.75, 3.05) is 18.0 Å². The average Bonchev–Trinajstić information content (AvgIpc) is 2.79. The fourth-order valence-electron chi connectivity index (χ4n) is 3.96. The van der Waals surface area contributed by atoms with E-state index in [0.717, 1.165) is 11.1 Å². The van der Waals surface area contributed by atoms with Gasteiger partial charge in [-0.2, -0.15) is 19.7 Å². The number of nitrogens with zero attached hydrogens (tertiary/aromatic N) is 3. The van der Waals surface area contributed by atoms with Crippen molar-refractivity contribution in [2.24, 2.45) is 0 Å². The molecular weight excluding hydrogens is 498 g/mol. The predicted octanol–water partition coefficient (Wildman–Crippen LogP) is 0.908. The Labute approximate surface area is 214 Å². The maximum atomic E-state index is 12.9. The zero-order valence-corrected chi connectivity index (χ0v) is 21.5. The van der Waals surface area contributed by atoms with Crippen molar-refractivity contribution in [1.29, 1.82) is 0 Å². The second-order valence-corrected chi connectivity index (χ2v) is 10.3. The molecule has 0 spiro atoms. The van der Waals surface area contributed by atoms with Crippen molar-refractivity contribution in [3.63, 3.8) is 0 Å². The van der Waals surface area contributed by atoms with E-state index < -0.39 is 34.5 Å². The molecule has 0 aliphatic rings. The number of nitrogens with one attached hydrogen (secondary N) is 2. The molecule has 0 radical (unpaired) electrons. The van der Waals surface area contributed by atoms with E-state index >= 15 is 0 Å². The molecule has 0 aliphatic heterocycles. The van der Waals surface area contributed by atoms with Crippen molar-refractivity contribution in [3.8, 4) is 0 Å². The molecule has 7 N–H and O–H groups in total. The van der Waals surface area contributed by atoms with E-state index in [1.54, 1.807) is 50.2 Å². The van der Waals surface area contributed by atoms with Gasteiger partial charge in [0.25, 0.3) is 5.91 Å². The minimum atomic E-state index is -4.15. The first kappa shape index (κ1) is 27.5. The number of rotatable bonds is 10. The molecule has 196 valence electrons. The Balaban J connectivity index is 1.62. The Morgan fingerprint density at radius 3 is 2.05 bits per heavy atom. The van der Waals surface area contributed by atoms with Gasteiger partial charge in [0, 0.05) is 18.5 Å². The van der Waals surface area contributed by atoms with Gasteiger partial charge in [0.1, 0.15) is 11.9 Å². The number of nitrogen functional groups attached to an aromatic ring is 2. The minimum Gasteiger partial charge on any atom is -0.480 e. The predicted molar refractivity (Wildman–Crippen MR) is 137 cm³/mol. The highest BCUT2D eigenvalue weighted by Crippen LogP contribution is 2.22. The third-order valence-electron chi connectivity index (χ3n) is 5.51. The number of amides is 1. The van der Waals surface area contributed by atoms with E-state index in [4.69, 9.17) is 11.5 Å². The number of carbonyl (C=O) groups excluding carboxylic acids is 1. The standard InChI is InChI=1S/C24H29N7O5S/c1-13-10-14(2)20(15(3)11-13)37(35,36)31-18(22(33)34)12-27-21(32)17-7-4-16(5-8-17)6-9-19-28-23(25)30-24(26)29-19/h4-5,7-8,10-11,18,31H,6,9,12H2,1-3H3,(H,27,32)(H,33,34)(H4,25,26,28,29,30). The fourth-order valence-corrected chi connectivity index (χ4v) is 5.60. The fraction of sp³-hybridized carbons (Fsp3) is 0.292. The number of aromatic nitrogens is 3. The quantitative estimate of drug-likeness (QED) is 0.252. The van der Waals surface area contributed by atoms with Crippen molar-refractivity contribution in [3.05, 3.63) is 70.0 Å². The zero-order valence-electron chi connectivity index (χ0n) is 20.6. The number of hydrogen-bond acceptors (Lipinski definition) is 9. The molecule has 0 aliphatic carbocycles. The molecule has 1 unspecified atom stereocenters. The van der Waals surface area contributed by atoms with Gasteiger partial charge in [-0.1, -0.05) is 29.8 Å². The van der Waals surface area contributed by atoms with Crippen LogP contribution < -0.4 is 21.5 Å². The summed E-state index contributed by atoms with van der Waals surface area (Å²) in [5.74, 6) is -1.43. The molecule has 0 fully saturated rings. The van der Waals surface area contributed by atoms with Gasteiger partial charge >= 0.3 is 5.97 Å². The van der Waals surface area contributed by atoms with Crippen LogP contribution in [0.2, 0.25) is 0 Å². The largest absolute Gasteiger partial charge is 0.480 e. The Kier molecular flexibility index (Phi) is 8.40. The molecule has 37 heavy (non-hydrogen) atoms. The summed E-state index contributed by atoms with van der Waals surface area (Å²) in [4.78, 5) is 36.1. The molecule has 13 heteroatoms. The van der Waals surface area contributed by atoms with Gasteiger partial charge in [-0.15, -0.1) is 0 Å². The van der Waals surface area contributed by atoms with Crippen molar-refractivity contribution in [1.82, 2.24) is 25.0 Å². The van der Waals surface area contributed by atoms with Crippen LogP contribution in [0.25, 0.3) is 0 Å². The minimum absolute atomic E-state index is 0.0220. The number of nitrogens with two attached hydrogens (primary N) is 2. The van der Waals surface area contributed by atoms with Crippen LogP contribution in [0.15, 0.2) is 41.3 Å². The normalized spacial score (nSPS) is 12.2. The first-order chi connectivity index (χ1) is 17.4. The number of carboxylic acid groups (broad SMARTS) is 1. The van der Waals surface area contributed by atoms with Crippen LogP contribution in [0.1, 0.15) is 38.4 Å². The molecule has 1 aromatic heterocycles. The summed E-state index contributed by atoms with van der Waals surface area (Å²) in [5.41, 5.74) is 14.2. The summed E-state index contributed by atoms with van der Waals surface area (Å²) in [6.45, 7) is 4.69. The van der Waals surface area contributed by atoms with Crippen LogP contribution in [0.5, 0.6) is 0 Å². The van der Waals surface area contributed by atoms with E-state index in [9.17, 15) is 23.1 Å². The zero-order chi connectivity index (χ0) is 27.3. The van der Waals surface area contributed by atoms with E-state index in [1.807, 2.05) is 6.92 Å². The molecule has 3 aromatic rings. The maximum absolute atomic E-state index is 12.9. The van der Waals surface area contributed by atoms with Gasteiger partial charge in [-0.3, -0.25) is 9.59 Å². The SMILES string of the molecule is Cc1cc(C)c(S(=O)(=O)NC(CNC(=O)c2ccc(CCc3nc(N)nc(N)n3)cc2)C(=O)O)c(C)c1. The van der Waals surface area contributed by atoms with E-state index in [-0.39, 0.29) is 22.4 Å². The Morgan fingerprint density at radius 1 is 0.946 bits per heavy atom. The smallest absolute Gasteiger partial charge is 0.323 e. The van der Waals surface area contributed by atoms with Crippen LogP contribution >= 0.6 is 0 Å². The highest BCUT2D eigenvalue weighted by Gasteiger charge is 2.28. The first-order valence-corrected chi connectivity index (χ1v) is 12.8. The summed E-state index contributed by atoms with van der Waals surface area (Å²) in [6.07, 6.45) is 1.02. The summed E-state index contributed by atoms with van der Waals surface area (Å²) in [6, 6.07) is 8.50. The van der Waals surface area contributed by atoms with Crippen LogP contribution in [-0.2, 0) is 27.7 Å². The van der Waals surface area contributed by atoms with Crippen molar-refractivity contribution < 1.29 is 23.1 Å². The van der Waals surface area contributed by atoms with Gasteiger partial charge in [-0.05, 0) is 56.0 Å². The summed E-state index contributed by atoms with van der Waals surface area (Å²) in [5, 5.41) is 12.0. The second kappa shape index (κ2) is 11.3. The number of carbonyl (C=O) groups is 2. The van der Waals surface area contributed by atoms with Crippen LogP contribution in [0, 0.1) is 20.8 Å². The molecular formula is C24H29N7O5S. The average molecular weight is 528 g/mol. The van der Waals surface area contributed by atoms with E-state index in [1.165, 1.54) is 0 Å². The van der Waals surface area contributed by atoms with Crippen molar-refractivity contribution >= 4 is 33.8 Å². The monoisotopic (exact) mass is 527 g/mol. The van der Waals surface area contributed by atoms with E-state index in [0.29, 0.717) is 29.8 Å². The Bertz CT molecular complexity index is 1380. The highest BCUT2D eigenvalue weighted by atomic mass is 32.2. The lowest BCUT2D eigenvalue weighted by Crippen LogP contribution is -2.48. The molecule has 1 atom stereocenters. The van der Waals surface area contributed by atoms with Crippen LogP contribution in [0.3, 0.4) is 0 Å². The van der Waals surface area contributed by atoms with Gasteiger partial charge < -0.3 is 21.9 Å². The molecule has 3 rings (SSSR count). The number of sulfonamides is 1. The molecule has 2 aromatic carbocycles. The van der Waals surface area contributed by atoms with Crippen LogP contribution in [-0.4, -0.2) is 52.9 Å². The molecule has 1 amide bonds. The summed E-state index contributed by atoms with van der Waals surface area (Å²) in [7, 11) is -4.15. The second-order valence-electron chi connectivity index (χ2n) is 8.61. The third kappa shape index (κ3) is 7.21. The summed E-state index contributed by atoms with van der Waals surface area (Å²) < 4.78 is 28.1. The first-order valence-electron chi connectivity index (χ1n) is 11.3. The Hall–Kier alpha value is -4.10. The number of anilines is 2. The van der Waals surface area contributed by atoms with Gasteiger partial charge in [0.05, 0.1) is 4.90 Å². The van der Waals surface area contributed by atoms with Gasteiger partial charge in [0.15, 0.2) is 0 Å². The lowest BCUT2D eigenvalue weighted by Gasteiger charge is -2.18. The number of aliphatic carboxylic acids is 1. The van der Waals surface area contributed by atoms with Crippen LogP contribution in [0.4, 0.5) is 11.9 Å². The molecule has 1 heterocycles. The molecule has 0 saturated heterocycles. The number of aryl methyl sites for hydroxylation is 5. The topological polar surface area (TPSA) is 203 Å². The molecule has 0 bridgehead atoms. The molecule has 12 nitrogen and oxygen atoms in total. The van der Waals surface area contributed by atoms with Gasteiger partial charge in [-0.25, -0.2) is 8.42 Å². The van der Waals surface area contributed by atoms with E-state index in [2.05, 4.69) is 25.0 Å². The lowest BCUT2D eigenvalue weighted by atomic mass is 10.1. The summed E-state index contributed by atoms with van der Waals surface area (Å²) >= 11 is 0. The highest BCUT2D eigenvalue weighted by molar-refractivity contribution is 7.89.